The number of carboxylic acid groups (broad SMARTS) is 1. The van der Waals surface area contributed by atoms with Gasteiger partial charge in [-0.25, -0.2) is 9.59 Å². The van der Waals surface area contributed by atoms with Gasteiger partial charge in [0.15, 0.2) is 0 Å². The van der Waals surface area contributed by atoms with Gasteiger partial charge in [-0.15, -0.1) is 0 Å². The van der Waals surface area contributed by atoms with Crippen molar-refractivity contribution in [3.05, 3.63) is 28.8 Å². The molecule has 0 radical (unpaired) electrons. The number of halogens is 1. The van der Waals surface area contributed by atoms with E-state index in [2.05, 4.69) is 10.6 Å². The van der Waals surface area contributed by atoms with Gasteiger partial charge in [-0.05, 0) is 31.0 Å². The molecular weight excluding hydrogens is 296 g/mol. The third kappa shape index (κ3) is 6.46. The molecule has 1 aromatic carbocycles. The Bertz CT molecular complexity index is 494. The molecule has 21 heavy (non-hydrogen) atoms. The van der Waals surface area contributed by atoms with Crippen LogP contribution in [0.3, 0.4) is 0 Å². The van der Waals surface area contributed by atoms with Crippen molar-refractivity contribution >= 4 is 29.3 Å². The number of anilines is 1. The predicted octanol–water partition coefficient (Wildman–Crippen LogP) is 2.98. The van der Waals surface area contributed by atoms with Gasteiger partial charge in [0, 0.05) is 24.8 Å². The molecule has 0 saturated carbocycles. The Balaban J connectivity index is 2.44. The summed E-state index contributed by atoms with van der Waals surface area (Å²) in [7, 11) is 0. The van der Waals surface area contributed by atoms with E-state index in [1.54, 1.807) is 0 Å². The number of urea groups is 1. The number of carboxylic acids is 1. The highest BCUT2D eigenvalue weighted by Crippen LogP contribution is 2.21. The maximum absolute atomic E-state index is 11.7. The second-order valence-electron chi connectivity index (χ2n) is 4.34. The van der Waals surface area contributed by atoms with E-state index < -0.39 is 12.0 Å². The van der Waals surface area contributed by atoms with E-state index in [-0.39, 0.29) is 11.3 Å². The minimum Gasteiger partial charge on any atom is -0.478 e. The van der Waals surface area contributed by atoms with Crippen molar-refractivity contribution in [1.29, 1.82) is 0 Å². The fourth-order valence-corrected chi connectivity index (χ4v) is 1.77. The molecule has 0 fully saturated rings. The molecule has 0 heterocycles. The van der Waals surface area contributed by atoms with Crippen LogP contribution in [-0.4, -0.2) is 36.9 Å². The highest BCUT2D eigenvalue weighted by Gasteiger charge is 2.12. The Morgan fingerprint density at radius 3 is 2.76 bits per heavy atom. The monoisotopic (exact) mass is 314 g/mol. The Morgan fingerprint density at radius 1 is 1.33 bits per heavy atom. The summed E-state index contributed by atoms with van der Waals surface area (Å²) in [4.78, 5) is 22.7. The van der Waals surface area contributed by atoms with Gasteiger partial charge in [0.05, 0.1) is 11.3 Å². The molecular formula is C14H19ClN2O4. The summed E-state index contributed by atoms with van der Waals surface area (Å²) in [5, 5.41) is 14.5. The minimum atomic E-state index is -1.13. The average molecular weight is 315 g/mol. The van der Waals surface area contributed by atoms with E-state index in [1.807, 2.05) is 6.92 Å². The summed E-state index contributed by atoms with van der Waals surface area (Å²) in [6.45, 7) is 3.75. The fraction of sp³-hybridized carbons (Fsp3) is 0.429. The van der Waals surface area contributed by atoms with Crippen molar-refractivity contribution in [3.63, 3.8) is 0 Å². The SMILES string of the molecule is CCCOCCCNC(=O)Nc1cc(Cl)ccc1C(=O)O. The van der Waals surface area contributed by atoms with E-state index in [0.29, 0.717) is 31.2 Å². The molecule has 1 rings (SSSR count). The first-order valence-corrected chi connectivity index (χ1v) is 7.07. The molecule has 1 aromatic rings. The molecule has 0 aromatic heterocycles. The van der Waals surface area contributed by atoms with Crippen molar-refractivity contribution in [2.75, 3.05) is 25.1 Å². The highest BCUT2D eigenvalue weighted by atomic mass is 35.5. The van der Waals surface area contributed by atoms with Gasteiger partial charge in [-0.1, -0.05) is 18.5 Å². The zero-order valence-electron chi connectivity index (χ0n) is 11.8. The van der Waals surface area contributed by atoms with Crippen LogP contribution in [0.15, 0.2) is 18.2 Å². The number of rotatable bonds is 8. The van der Waals surface area contributed by atoms with Gasteiger partial charge < -0.3 is 20.5 Å². The quantitative estimate of drug-likeness (QED) is 0.644. The van der Waals surface area contributed by atoms with Crippen LogP contribution in [0.25, 0.3) is 0 Å². The van der Waals surface area contributed by atoms with Gasteiger partial charge >= 0.3 is 12.0 Å². The number of ether oxygens (including phenoxy) is 1. The number of carbonyl (C=O) groups excluding carboxylic acids is 1. The maximum Gasteiger partial charge on any atom is 0.337 e. The summed E-state index contributed by atoms with van der Waals surface area (Å²) < 4.78 is 5.28. The Hall–Kier alpha value is -1.79. The molecule has 0 aliphatic carbocycles. The first kappa shape index (κ1) is 17.3. The number of benzene rings is 1. The van der Waals surface area contributed by atoms with Crippen molar-refractivity contribution in [3.8, 4) is 0 Å². The number of nitrogens with one attached hydrogen (secondary N) is 2. The van der Waals surface area contributed by atoms with E-state index in [9.17, 15) is 9.59 Å². The van der Waals surface area contributed by atoms with Crippen LogP contribution >= 0.6 is 11.6 Å². The predicted molar refractivity (Wildman–Crippen MR) is 81.2 cm³/mol. The lowest BCUT2D eigenvalue weighted by molar-refractivity contribution is 0.0698. The van der Waals surface area contributed by atoms with Crippen LogP contribution in [0, 0.1) is 0 Å². The lowest BCUT2D eigenvalue weighted by Gasteiger charge is -2.10. The van der Waals surface area contributed by atoms with Crippen LogP contribution in [-0.2, 0) is 4.74 Å². The molecule has 0 atom stereocenters. The normalized spacial score (nSPS) is 10.2. The zero-order valence-corrected chi connectivity index (χ0v) is 12.6. The number of amides is 2. The molecule has 7 heteroatoms. The lowest BCUT2D eigenvalue weighted by atomic mass is 10.2. The number of hydrogen-bond acceptors (Lipinski definition) is 3. The summed E-state index contributed by atoms with van der Waals surface area (Å²) in [5.41, 5.74) is 0.149. The number of hydrogen-bond donors (Lipinski definition) is 3. The zero-order chi connectivity index (χ0) is 15.7. The van der Waals surface area contributed by atoms with E-state index in [0.717, 1.165) is 6.42 Å². The summed E-state index contributed by atoms with van der Waals surface area (Å²) >= 11 is 5.80. The second-order valence-corrected chi connectivity index (χ2v) is 4.78. The van der Waals surface area contributed by atoms with Crippen LogP contribution in [0.1, 0.15) is 30.1 Å². The molecule has 0 spiro atoms. The highest BCUT2D eigenvalue weighted by molar-refractivity contribution is 6.31. The lowest BCUT2D eigenvalue weighted by Crippen LogP contribution is -2.30. The molecule has 0 aliphatic heterocycles. The summed E-state index contributed by atoms with van der Waals surface area (Å²) in [6, 6.07) is 3.72. The van der Waals surface area contributed by atoms with Crippen LogP contribution < -0.4 is 10.6 Å². The van der Waals surface area contributed by atoms with Crippen LogP contribution in [0.5, 0.6) is 0 Å². The topological polar surface area (TPSA) is 87.7 Å². The minimum absolute atomic E-state index is 0.0131. The molecule has 0 bridgehead atoms. The number of carbonyl (C=O) groups is 2. The molecule has 0 unspecified atom stereocenters. The van der Waals surface area contributed by atoms with E-state index >= 15 is 0 Å². The van der Waals surface area contributed by atoms with Gasteiger partial charge in [0.25, 0.3) is 0 Å². The molecule has 116 valence electrons. The van der Waals surface area contributed by atoms with Crippen molar-refractivity contribution in [2.24, 2.45) is 0 Å². The third-order valence-corrected chi connectivity index (χ3v) is 2.79. The van der Waals surface area contributed by atoms with Crippen LogP contribution in [0.4, 0.5) is 10.5 Å². The van der Waals surface area contributed by atoms with E-state index in [1.165, 1.54) is 18.2 Å². The van der Waals surface area contributed by atoms with Crippen molar-refractivity contribution in [2.45, 2.75) is 19.8 Å². The largest absolute Gasteiger partial charge is 0.478 e. The van der Waals surface area contributed by atoms with Gasteiger partial charge in [0.1, 0.15) is 0 Å². The van der Waals surface area contributed by atoms with Gasteiger partial charge in [-0.3, -0.25) is 0 Å². The van der Waals surface area contributed by atoms with E-state index in [4.69, 9.17) is 21.4 Å². The Morgan fingerprint density at radius 2 is 2.10 bits per heavy atom. The fourth-order valence-electron chi connectivity index (χ4n) is 1.60. The molecule has 6 nitrogen and oxygen atoms in total. The standard InChI is InChI=1S/C14H19ClN2O4/c1-2-7-21-8-3-6-16-14(20)17-12-9-10(15)4-5-11(12)13(18)19/h4-5,9H,2-3,6-8H2,1H3,(H,18,19)(H2,16,17,20). The van der Waals surface area contributed by atoms with Gasteiger partial charge in [0.2, 0.25) is 0 Å². The smallest absolute Gasteiger partial charge is 0.337 e. The molecule has 0 saturated heterocycles. The first-order valence-electron chi connectivity index (χ1n) is 6.70. The summed E-state index contributed by atoms with van der Waals surface area (Å²) in [6.07, 6.45) is 1.65. The Labute approximate surface area is 128 Å². The van der Waals surface area contributed by atoms with Crippen molar-refractivity contribution in [1.82, 2.24) is 5.32 Å². The van der Waals surface area contributed by atoms with Crippen LogP contribution in [0.2, 0.25) is 5.02 Å². The summed E-state index contributed by atoms with van der Waals surface area (Å²) in [5.74, 6) is -1.13. The first-order chi connectivity index (χ1) is 10.0. The molecule has 0 aliphatic rings. The average Bonchev–Trinajstić information content (AvgIpc) is 2.42. The third-order valence-electron chi connectivity index (χ3n) is 2.56. The maximum atomic E-state index is 11.7. The molecule has 3 N–H and O–H groups in total. The Kier molecular flexibility index (Phi) is 7.56. The second kappa shape index (κ2) is 9.20. The molecule has 2 amide bonds. The van der Waals surface area contributed by atoms with Gasteiger partial charge in [-0.2, -0.15) is 0 Å². The van der Waals surface area contributed by atoms with Crippen molar-refractivity contribution < 1.29 is 19.4 Å². The number of aromatic carboxylic acids is 1.